The van der Waals surface area contributed by atoms with Gasteiger partial charge in [-0.25, -0.2) is 4.79 Å². The number of para-hydroxylation sites is 1. The maximum atomic E-state index is 13.6. The monoisotopic (exact) mass is 361 g/mol. The van der Waals surface area contributed by atoms with Gasteiger partial charge in [-0.15, -0.1) is 0 Å². The molecule has 0 bridgehead atoms. The van der Waals surface area contributed by atoms with Crippen molar-refractivity contribution in [2.45, 2.75) is 64.6 Å². The summed E-state index contributed by atoms with van der Waals surface area (Å²) in [5.74, 6) is -0.0916. The number of benzene rings is 1. The number of nitrogens with zero attached hydrogens (tertiary/aromatic N) is 1. The van der Waals surface area contributed by atoms with Crippen LogP contribution in [0, 0.1) is 0 Å². The Bertz CT molecular complexity index is 617. The number of nitrogens with one attached hydrogen (secondary N) is 2. The number of hydrogen-bond acceptors (Lipinski definition) is 4. The summed E-state index contributed by atoms with van der Waals surface area (Å²) in [4.78, 5) is 27.8. The maximum absolute atomic E-state index is 13.6. The highest BCUT2D eigenvalue weighted by atomic mass is 16.6. The van der Waals surface area contributed by atoms with E-state index in [9.17, 15) is 9.59 Å². The van der Waals surface area contributed by atoms with Gasteiger partial charge in [-0.2, -0.15) is 0 Å². The predicted octanol–water partition coefficient (Wildman–Crippen LogP) is 3.07. The molecule has 2 rings (SSSR count). The van der Waals surface area contributed by atoms with E-state index in [1.54, 1.807) is 4.90 Å². The van der Waals surface area contributed by atoms with Crippen molar-refractivity contribution >= 4 is 17.7 Å². The van der Waals surface area contributed by atoms with Gasteiger partial charge in [0.2, 0.25) is 0 Å². The van der Waals surface area contributed by atoms with E-state index in [2.05, 4.69) is 10.6 Å². The number of carbonyl (C=O) groups excluding carboxylic acids is 2. The molecular formula is C20H31N3O3. The van der Waals surface area contributed by atoms with E-state index in [0.29, 0.717) is 25.9 Å². The van der Waals surface area contributed by atoms with Gasteiger partial charge in [0.05, 0.1) is 0 Å². The average Bonchev–Trinajstić information content (AvgIpc) is 2.54. The number of amides is 2. The zero-order chi connectivity index (χ0) is 19.4. The van der Waals surface area contributed by atoms with Crippen LogP contribution in [0.3, 0.4) is 0 Å². The van der Waals surface area contributed by atoms with E-state index in [1.807, 2.05) is 65.0 Å². The molecule has 0 radical (unpaired) electrons. The average molecular weight is 361 g/mol. The van der Waals surface area contributed by atoms with Crippen LogP contribution in [0.5, 0.6) is 0 Å². The van der Waals surface area contributed by atoms with Gasteiger partial charge < -0.3 is 20.3 Å². The van der Waals surface area contributed by atoms with Gasteiger partial charge in [0.25, 0.3) is 5.91 Å². The first kappa shape index (κ1) is 20.2. The van der Waals surface area contributed by atoms with Crippen LogP contribution in [0.2, 0.25) is 0 Å². The van der Waals surface area contributed by atoms with E-state index in [4.69, 9.17) is 4.74 Å². The molecule has 0 spiro atoms. The molecule has 0 aliphatic carbocycles. The Kier molecular flexibility index (Phi) is 6.29. The molecule has 1 heterocycles. The first-order valence-electron chi connectivity index (χ1n) is 9.25. The summed E-state index contributed by atoms with van der Waals surface area (Å²) in [6.07, 6.45) is 0.506. The van der Waals surface area contributed by atoms with Crippen LogP contribution in [-0.4, -0.2) is 42.3 Å². The largest absolute Gasteiger partial charge is 0.444 e. The van der Waals surface area contributed by atoms with E-state index >= 15 is 0 Å². The van der Waals surface area contributed by atoms with Crippen molar-refractivity contribution in [3.05, 3.63) is 30.3 Å². The molecule has 26 heavy (non-hydrogen) atoms. The molecule has 1 aromatic carbocycles. The Hall–Kier alpha value is -2.08. The second-order valence-electron chi connectivity index (χ2n) is 8.06. The Labute approximate surface area is 156 Å². The van der Waals surface area contributed by atoms with Gasteiger partial charge in [-0.05, 0) is 72.7 Å². The number of alkyl carbamates (subject to hydrolysis) is 1. The second-order valence-corrected chi connectivity index (χ2v) is 8.06. The molecule has 2 N–H and O–H groups in total. The van der Waals surface area contributed by atoms with Gasteiger partial charge in [0, 0.05) is 11.7 Å². The second kappa shape index (κ2) is 8.08. The fraction of sp³-hybridized carbons (Fsp3) is 0.600. The standard InChI is InChI=1S/C20H31N3O3/c1-15(2)23(16-9-7-6-8-10-16)17(24)20(11-13-21-14-12-20)22-18(25)26-19(3,4)5/h6-10,15,21H,11-14H2,1-5H3,(H,22,25). The topological polar surface area (TPSA) is 70.7 Å². The number of rotatable bonds is 4. The highest BCUT2D eigenvalue weighted by Gasteiger charge is 2.45. The van der Waals surface area contributed by atoms with Crippen molar-refractivity contribution in [3.63, 3.8) is 0 Å². The lowest BCUT2D eigenvalue weighted by Crippen LogP contribution is -2.65. The number of hydrogen-bond donors (Lipinski definition) is 2. The Morgan fingerprint density at radius 2 is 1.73 bits per heavy atom. The molecule has 1 aliphatic rings. The van der Waals surface area contributed by atoms with Crippen LogP contribution in [0.15, 0.2) is 30.3 Å². The zero-order valence-electron chi connectivity index (χ0n) is 16.5. The first-order chi connectivity index (χ1) is 12.1. The van der Waals surface area contributed by atoms with Gasteiger partial charge in [-0.1, -0.05) is 18.2 Å². The minimum Gasteiger partial charge on any atom is -0.444 e. The molecule has 1 fully saturated rings. The summed E-state index contributed by atoms with van der Waals surface area (Å²) in [6.45, 7) is 10.7. The summed E-state index contributed by atoms with van der Waals surface area (Å²) in [6, 6.07) is 9.55. The molecule has 1 aliphatic heterocycles. The zero-order valence-corrected chi connectivity index (χ0v) is 16.5. The molecule has 6 nitrogen and oxygen atoms in total. The van der Waals surface area contributed by atoms with Gasteiger partial charge in [0.15, 0.2) is 0 Å². The van der Waals surface area contributed by atoms with E-state index in [0.717, 1.165) is 5.69 Å². The van der Waals surface area contributed by atoms with Crippen molar-refractivity contribution in [1.82, 2.24) is 10.6 Å². The SMILES string of the molecule is CC(C)N(C(=O)C1(NC(=O)OC(C)(C)C)CCNCC1)c1ccccc1. The summed E-state index contributed by atoms with van der Waals surface area (Å²) in [5.41, 5.74) is -0.747. The van der Waals surface area contributed by atoms with Crippen molar-refractivity contribution in [3.8, 4) is 0 Å². The van der Waals surface area contributed by atoms with Crippen molar-refractivity contribution < 1.29 is 14.3 Å². The lowest BCUT2D eigenvalue weighted by Gasteiger charge is -2.42. The molecule has 0 atom stereocenters. The maximum Gasteiger partial charge on any atom is 0.408 e. The summed E-state index contributed by atoms with van der Waals surface area (Å²) >= 11 is 0. The third-order valence-corrected chi connectivity index (χ3v) is 4.38. The molecule has 144 valence electrons. The van der Waals surface area contributed by atoms with E-state index < -0.39 is 17.2 Å². The molecular weight excluding hydrogens is 330 g/mol. The number of piperidine rings is 1. The Morgan fingerprint density at radius 1 is 1.15 bits per heavy atom. The van der Waals surface area contributed by atoms with Crippen LogP contribution in [-0.2, 0) is 9.53 Å². The lowest BCUT2D eigenvalue weighted by molar-refractivity contribution is -0.126. The molecule has 0 unspecified atom stereocenters. The van der Waals surface area contributed by atoms with Crippen molar-refractivity contribution in [1.29, 1.82) is 0 Å². The van der Waals surface area contributed by atoms with Gasteiger partial charge >= 0.3 is 6.09 Å². The smallest absolute Gasteiger partial charge is 0.408 e. The number of anilines is 1. The van der Waals surface area contributed by atoms with Crippen molar-refractivity contribution in [2.75, 3.05) is 18.0 Å². The molecule has 0 aromatic heterocycles. The normalized spacial score (nSPS) is 16.8. The lowest BCUT2D eigenvalue weighted by atomic mass is 9.86. The molecule has 6 heteroatoms. The Balaban J connectivity index is 2.32. The Morgan fingerprint density at radius 3 is 2.23 bits per heavy atom. The van der Waals surface area contributed by atoms with Gasteiger partial charge in [-0.3, -0.25) is 4.79 Å². The highest BCUT2D eigenvalue weighted by Crippen LogP contribution is 2.27. The van der Waals surface area contributed by atoms with Crippen LogP contribution in [0.25, 0.3) is 0 Å². The minimum absolute atomic E-state index is 0.0305. The van der Waals surface area contributed by atoms with Crippen LogP contribution in [0.4, 0.5) is 10.5 Å². The van der Waals surface area contributed by atoms with Crippen LogP contribution in [0.1, 0.15) is 47.5 Å². The van der Waals surface area contributed by atoms with E-state index in [1.165, 1.54) is 0 Å². The third kappa shape index (κ3) is 4.97. The third-order valence-electron chi connectivity index (χ3n) is 4.38. The fourth-order valence-corrected chi connectivity index (χ4v) is 3.21. The molecule has 0 saturated carbocycles. The summed E-state index contributed by atoms with van der Waals surface area (Å²) < 4.78 is 5.42. The van der Waals surface area contributed by atoms with Crippen LogP contribution < -0.4 is 15.5 Å². The predicted molar refractivity (Wildman–Crippen MR) is 103 cm³/mol. The number of ether oxygens (including phenoxy) is 1. The molecule has 1 aromatic rings. The molecule has 1 saturated heterocycles. The van der Waals surface area contributed by atoms with Crippen LogP contribution >= 0.6 is 0 Å². The van der Waals surface area contributed by atoms with Crippen molar-refractivity contribution in [2.24, 2.45) is 0 Å². The number of carbonyl (C=O) groups is 2. The van der Waals surface area contributed by atoms with E-state index in [-0.39, 0.29) is 11.9 Å². The minimum atomic E-state index is -0.965. The fourth-order valence-electron chi connectivity index (χ4n) is 3.21. The quantitative estimate of drug-likeness (QED) is 0.865. The van der Waals surface area contributed by atoms with Gasteiger partial charge in [0.1, 0.15) is 11.1 Å². The first-order valence-corrected chi connectivity index (χ1v) is 9.25. The summed E-state index contributed by atoms with van der Waals surface area (Å²) in [5, 5.41) is 6.16. The summed E-state index contributed by atoms with van der Waals surface area (Å²) in [7, 11) is 0. The highest BCUT2D eigenvalue weighted by molar-refractivity contribution is 6.02. The molecule has 2 amide bonds.